The molecule has 1 heterocycles. The molecule has 1 aromatic heterocycles. The summed E-state index contributed by atoms with van der Waals surface area (Å²) in [6.07, 6.45) is 0.0436. The number of aliphatic carboxylic acids is 1. The minimum atomic E-state index is -0.864. The van der Waals surface area contributed by atoms with Gasteiger partial charge in [0.05, 0.1) is 11.5 Å². The van der Waals surface area contributed by atoms with Crippen LogP contribution in [-0.4, -0.2) is 31.0 Å². The maximum absolute atomic E-state index is 11.9. The Hall–Kier alpha value is -1.61. The molecule has 20 heavy (non-hydrogen) atoms. The number of carbonyl (C=O) groups is 1. The van der Waals surface area contributed by atoms with E-state index < -0.39 is 5.97 Å². The first-order valence-corrected chi connectivity index (χ1v) is 7.10. The quantitative estimate of drug-likeness (QED) is 0.493. The van der Waals surface area contributed by atoms with Crippen LogP contribution >= 0.6 is 24.0 Å². The lowest BCUT2D eigenvalue weighted by atomic mass is 10.4. The van der Waals surface area contributed by atoms with Gasteiger partial charge in [-0.25, -0.2) is 9.79 Å². The molecule has 7 nitrogen and oxygen atoms in total. The number of anilines is 1. The van der Waals surface area contributed by atoms with Gasteiger partial charge < -0.3 is 10.8 Å². The fraction of sp³-hybridized carbons (Fsp3) is 0.455. The van der Waals surface area contributed by atoms with Gasteiger partial charge in [-0.1, -0.05) is 12.2 Å². The number of aromatic nitrogens is 2. The lowest BCUT2D eigenvalue weighted by Crippen LogP contribution is -2.28. The van der Waals surface area contributed by atoms with Gasteiger partial charge in [0.15, 0.2) is 5.82 Å². The SMILES string of the molecule is CC(=Nc1c(N)c(=S)n(C)c(=O)n1C)SCCC(=O)O. The highest BCUT2D eigenvalue weighted by molar-refractivity contribution is 8.13. The largest absolute Gasteiger partial charge is 0.481 e. The molecule has 0 fully saturated rings. The molecule has 110 valence electrons. The van der Waals surface area contributed by atoms with Gasteiger partial charge in [-0.2, -0.15) is 0 Å². The van der Waals surface area contributed by atoms with E-state index in [1.54, 1.807) is 21.0 Å². The van der Waals surface area contributed by atoms with Crippen molar-refractivity contribution in [3.05, 3.63) is 15.1 Å². The second-order valence-corrected chi connectivity index (χ2v) is 5.74. The van der Waals surface area contributed by atoms with Gasteiger partial charge in [0.25, 0.3) is 0 Å². The summed E-state index contributed by atoms with van der Waals surface area (Å²) in [5.41, 5.74) is 5.82. The maximum atomic E-state index is 11.9. The fourth-order valence-electron chi connectivity index (χ4n) is 1.46. The molecule has 1 aromatic rings. The summed E-state index contributed by atoms with van der Waals surface area (Å²) in [5.74, 6) is -0.171. The third kappa shape index (κ3) is 3.70. The zero-order valence-electron chi connectivity index (χ0n) is 11.4. The van der Waals surface area contributed by atoms with Crippen molar-refractivity contribution < 1.29 is 9.90 Å². The Balaban J connectivity index is 3.12. The van der Waals surface area contributed by atoms with E-state index in [1.807, 2.05) is 0 Å². The number of hydrogen-bond donors (Lipinski definition) is 2. The Morgan fingerprint density at radius 2 is 2.05 bits per heavy atom. The number of thioether (sulfide) groups is 1. The van der Waals surface area contributed by atoms with Crippen molar-refractivity contribution in [3.63, 3.8) is 0 Å². The van der Waals surface area contributed by atoms with E-state index in [2.05, 4.69) is 4.99 Å². The second kappa shape index (κ2) is 6.71. The van der Waals surface area contributed by atoms with Crippen LogP contribution in [0.1, 0.15) is 13.3 Å². The lowest BCUT2D eigenvalue weighted by molar-refractivity contribution is -0.136. The zero-order valence-corrected chi connectivity index (χ0v) is 13.0. The molecule has 0 radical (unpaired) electrons. The molecule has 0 amide bonds. The average molecular weight is 316 g/mol. The smallest absolute Gasteiger partial charge is 0.330 e. The number of hydrogen-bond acceptors (Lipinski definition) is 6. The van der Waals surface area contributed by atoms with Crippen LogP contribution < -0.4 is 11.4 Å². The third-order valence-corrected chi connectivity index (χ3v) is 3.97. The predicted octanol–water partition coefficient (Wildman–Crippen LogP) is 1.29. The van der Waals surface area contributed by atoms with Gasteiger partial charge in [-0.05, 0) is 6.92 Å². The Labute approximate surface area is 125 Å². The van der Waals surface area contributed by atoms with Gasteiger partial charge >= 0.3 is 11.7 Å². The molecule has 0 spiro atoms. The first-order chi connectivity index (χ1) is 9.25. The van der Waals surface area contributed by atoms with E-state index in [0.29, 0.717) is 16.6 Å². The summed E-state index contributed by atoms with van der Waals surface area (Å²) < 4.78 is 2.82. The lowest BCUT2D eigenvalue weighted by Gasteiger charge is -2.11. The molecule has 0 aliphatic carbocycles. The monoisotopic (exact) mass is 316 g/mol. The standard InChI is InChI=1S/C11H16N4O3S2/c1-6(20-5-4-7(16)17)13-9-8(12)10(19)15(3)11(18)14(9)2/h4-5,12H2,1-3H3,(H,16,17). The summed E-state index contributed by atoms with van der Waals surface area (Å²) in [6.45, 7) is 1.73. The Kier molecular flexibility index (Phi) is 5.52. The van der Waals surface area contributed by atoms with E-state index in [-0.39, 0.29) is 22.4 Å². The Morgan fingerprint density at radius 1 is 1.45 bits per heavy atom. The summed E-state index contributed by atoms with van der Waals surface area (Å²) in [6, 6.07) is 0. The highest BCUT2D eigenvalue weighted by Crippen LogP contribution is 2.22. The van der Waals surface area contributed by atoms with Crippen molar-refractivity contribution >= 4 is 46.5 Å². The number of nitrogens with two attached hydrogens (primary N) is 1. The normalized spacial score (nSPS) is 11.7. The molecular formula is C11H16N4O3S2. The molecule has 0 saturated carbocycles. The van der Waals surface area contributed by atoms with Crippen LogP contribution in [0.15, 0.2) is 9.79 Å². The summed E-state index contributed by atoms with van der Waals surface area (Å²) in [5, 5.41) is 9.19. The van der Waals surface area contributed by atoms with Crippen LogP contribution in [0.2, 0.25) is 0 Å². The minimum absolute atomic E-state index is 0.0436. The van der Waals surface area contributed by atoms with Crippen molar-refractivity contribution in [1.82, 2.24) is 9.13 Å². The molecule has 0 aliphatic rings. The van der Waals surface area contributed by atoms with Crippen LogP contribution in [0.5, 0.6) is 0 Å². The fourth-order valence-corrected chi connectivity index (χ4v) is 2.35. The van der Waals surface area contributed by atoms with E-state index in [0.717, 1.165) is 0 Å². The highest BCUT2D eigenvalue weighted by Gasteiger charge is 2.10. The van der Waals surface area contributed by atoms with Crippen molar-refractivity contribution in [2.75, 3.05) is 11.5 Å². The summed E-state index contributed by atoms with van der Waals surface area (Å²) in [4.78, 5) is 26.6. The molecule has 0 saturated heterocycles. The van der Waals surface area contributed by atoms with Gasteiger partial charge in [0.2, 0.25) is 0 Å². The molecule has 0 aromatic carbocycles. The molecular weight excluding hydrogens is 300 g/mol. The van der Waals surface area contributed by atoms with Crippen molar-refractivity contribution in [2.45, 2.75) is 13.3 Å². The number of carboxylic acids is 1. The first kappa shape index (κ1) is 16.4. The second-order valence-electron chi connectivity index (χ2n) is 4.07. The number of aliphatic imine (C=N–C) groups is 1. The summed E-state index contributed by atoms with van der Waals surface area (Å²) >= 11 is 6.36. The molecule has 1 rings (SSSR count). The van der Waals surface area contributed by atoms with Crippen LogP contribution in [0, 0.1) is 4.64 Å². The van der Waals surface area contributed by atoms with E-state index >= 15 is 0 Å². The molecule has 0 unspecified atom stereocenters. The van der Waals surface area contributed by atoms with Crippen molar-refractivity contribution in [2.24, 2.45) is 19.1 Å². The van der Waals surface area contributed by atoms with Gasteiger partial charge in [-0.3, -0.25) is 13.9 Å². The number of nitrogens with zero attached hydrogens (tertiary/aromatic N) is 3. The van der Waals surface area contributed by atoms with Gasteiger partial charge in [0, 0.05) is 19.8 Å². The topological polar surface area (TPSA) is 103 Å². The van der Waals surface area contributed by atoms with Crippen LogP contribution in [0.3, 0.4) is 0 Å². The number of carboxylic acid groups (broad SMARTS) is 1. The van der Waals surface area contributed by atoms with Crippen LogP contribution in [0.4, 0.5) is 11.5 Å². The summed E-state index contributed by atoms with van der Waals surface area (Å²) in [7, 11) is 3.10. The van der Waals surface area contributed by atoms with Crippen molar-refractivity contribution in [3.8, 4) is 0 Å². The molecule has 3 N–H and O–H groups in total. The van der Waals surface area contributed by atoms with Gasteiger partial charge in [0.1, 0.15) is 10.3 Å². The molecule has 0 aliphatic heterocycles. The average Bonchev–Trinajstić information content (AvgIpc) is 2.39. The highest BCUT2D eigenvalue weighted by atomic mass is 32.2. The predicted molar refractivity (Wildman–Crippen MR) is 83.4 cm³/mol. The molecule has 9 heteroatoms. The van der Waals surface area contributed by atoms with Crippen molar-refractivity contribution in [1.29, 1.82) is 0 Å². The zero-order chi connectivity index (χ0) is 15.4. The third-order valence-electron chi connectivity index (χ3n) is 2.56. The van der Waals surface area contributed by atoms with Crippen LogP contribution in [0.25, 0.3) is 0 Å². The van der Waals surface area contributed by atoms with E-state index in [4.69, 9.17) is 23.1 Å². The minimum Gasteiger partial charge on any atom is -0.481 e. The van der Waals surface area contributed by atoms with E-state index in [9.17, 15) is 9.59 Å². The van der Waals surface area contributed by atoms with Crippen LogP contribution in [-0.2, 0) is 18.9 Å². The number of nitrogen functional groups attached to an aromatic ring is 1. The number of rotatable bonds is 4. The molecule has 0 atom stereocenters. The maximum Gasteiger partial charge on any atom is 0.330 e. The van der Waals surface area contributed by atoms with E-state index in [1.165, 1.54) is 20.9 Å². The van der Waals surface area contributed by atoms with Gasteiger partial charge in [-0.15, -0.1) is 11.8 Å². The Bertz CT molecular complexity index is 638. The first-order valence-electron chi connectivity index (χ1n) is 5.71. The molecule has 0 bridgehead atoms. The Morgan fingerprint density at radius 3 is 2.60 bits per heavy atom.